The minimum Gasteiger partial charge on any atom is -0.396 e. The highest BCUT2D eigenvalue weighted by Crippen LogP contribution is 2.27. The molecule has 0 saturated heterocycles. The zero-order valence-electron chi connectivity index (χ0n) is 8.37. The van der Waals surface area contributed by atoms with Gasteiger partial charge in [0.1, 0.15) is 5.82 Å². The smallest absolute Gasteiger partial charge is 0.108 e. The number of rotatable bonds is 3. The maximum atomic E-state index is 8.78. The topological polar surface area (TPSA) is 48.9 Å². The van der Waals surface area contributed by atoms with E-state index in [1.807, 2.05) is 6.07 Å². The highest BCUT2D eigenvalue weighted by atomic mass is 35.5. The van der Waals surface area contributed by atoms with Crippen molar-refractivity contribution in [3.63, 3.8) is 0 Å². The molecule has 16 heavy (non-hydrogen) atoms. The molecule has 0 radical (unpaired) electrons. The number of halogens is 2. The molecule has 0 spiro atoms. The van der Waals surface area contributed by atoms with Crippen LogP contribution in [0.1, 0.15) is 5.82 Å². The van der Waals surface area contributed by atoms with E-state index in [2.05, 4.69) is 9.97 Å². The summed E-state index contributed by atoms with van der Waals surface area (Å²) in [5.41, 5.74) is 1.79. The maximum Gasteiger partial charge on any atom is 0.108 e. The molecule has 0 amide bonds. The number of H-pyrrole nitrogens is 1. The van der Waals surface area contributed by atoms with E-state index in [0.29, 0.717) is 16.5 Å². The Labute approximate surface area is 103 Å². The van der Waals surface area contributed by atoms with Gasteiger partial charge in [-0.05, 0) is 12.1 Å². The summed E-state index contributed by atoms with van der Waals surface area (Å²) in [6, 6.07) is 5.39. The van der Waals surface area contributed by atoms with Gasteiger partial charge in [0.15, 0.2) is 0 Å². The third-order valence-electron chi connectivity index (χ3n) is 2.21. The van der Waals surface area contributed by atoms with Crippen molar-refractivity contribution in [2.24, 2.45) is 0 Å². The van der Waals surface area contributed by atoms with Crippen LogP contribution in [-0.4, -0.2) is 21.7 Å². The molecule has 0 atom stereocenters. The summed E-state index contributed by atoms with van der Waals surface area (Å²) >= 11 is 11.8. The Balaban J connectivity index is 2.31. The third kappa shape index (κ3) is 2.38. The van der Waals surface area contributed by atoms with Crippen LogP contribution >= 0.6 is 23.2 Å². The van der Waals surface area contributed by atoms with Crippen LogP contribution in [0.25, 0.3) is 11.3 Å². The molecule has 2 N–H and O–H groups in total. The predicted octanol–water partition coefficient (Wildman–Crippen LogP) is 2.92. The summed E-state index contributed by atoms with van der Waals surface area (Å²) in [6.45, 7) is 0.0777. The summed E-state index contributed by atoms with van der Waals surface area (Å²) in [7, 11) is 0. The van der Waals surface area contributed by atoms with Gasteiger partial charge in [0, 0.05) is 12.0 Å². The Morgan fingerprint density at radius 3 is 2.75 bits per heavy atom. The molecular formula is C11H10Cl2N2O. The van der Waals surface area contributed by atoms with E-state index in [0.717, 1.165) is 17.1 Å². The van der Waals surface area contributed by atoms with E-state index in [-0.39, 0.29) is 6.61 Å². The first-order chi connectivity index (χ1) is 7.70. The van der Waals surface area contributed by atoms with Gasteiger partial charge in [-0.3, -0.25) is 0 Å². The number of benzene rings is 1. The zero-order chi connectivity index (χ0) is 11.5. The second kappa shape index (κ2) is 4.87. The molecule has 0 unspecified atom stereocenters. The van der Waals surface area contributed by atoms with Crippen molar-refractivity contribution in [2.75, 3.05) is 6.61 Å². The first kappa shape index (κ1) is 11.5. The molecule has 1 aromatic heterocycles. The first-order valence-corrected chi connectivity index (χ1v) is 5.56. The normalized spacial score (nSPS) is 10.7. The monoisotopic (exact) mass is 256 g/mol. The lowest BCUT2D eigenvalue weighted by atomic mass is 10.2. The van der Waals surface area contributed by atoms with Crippen molar-refractivity contribution in [1.82, 2.24) is 9.97 Å². The second-order valence-electron chi connectivity index (χ2n) is 3.35. The van der Waals surface area contributed by atoms with Crippen LogP contribution in [0.4, 0.5) is 0 Å². The van der Waals surface area contributed by atoms with E-state index in [4.69, 9.17) is 28.3 Å². The lowest BCUT2D eigenvalue weighted by Gasteiger charge is -2.00. The number of aromatic amines is 1. The highest BCUT2D eigenvalue weighted by molar-refractivity contribution is 6.42. The van der Waals surface area contributed by atoms with Crippen LogP contribution in [0.3, 0.4) is 0 Å². The molecule has 1 aromatic carbocycles. The van der Waals surface area contributed by atoms with Gasteiger partial charge in [-0.25, -0.2) is 4.98 Å². The van der Waals surface area contributed by atoms with E-state index in [1.54, 1.807) is 18.3 Å². The number of hydrogen-bond donors (Lipinski definition) is 2. The molecular weight excluding hydrogens is 247 g/mol. The lowest BCUT2D eigenvalue weighted by Crippen LogP contribution is -1.92. The van der Waals surface area contributed by atoms with Gasteiger partial charge in [-0.2, -0.15) is 0 Å². The number of aliphatic hydroxyl groups excluding tert-OH is 1. The van der Waals surface area contributed by atoms with Crippen LogP contribution in [0.5, 0.6) is 0 Å². The Bertz CT molecular complexity index is 496. The average molecular weight is 257 g/mol. The van der Waals surface area contributed by atoms with Crippen molar-refractivity contribution in [3.8, 4) is 11.3 Å². The number of hydrogen-bond acceptors (Lipinski definition) is 2. The molecule has 0 aliphatic heterocycles. The lowest BCUT2D eigenvalue weighted by molar-refractivity contribution is 0.297. The molecule has 0 aliphatic rings. The summed E-state index contributed by atoms with van der Waals surface area (Å²) in [6.07, 6.45) is 2.23. The van der Waals surface area contributed by atoms with Crippen LogP contribution < -0.4 is 0 Å². The van der Waals surface area contributed by atoms with Crippen LogP contribution in [-0.2, 0) is 6.42 Å². The fourth-order valence-corrected chi connectivity index (χ4v) is 1.70. The summed E-state index contributed by atoms with van der Waals surface area (Å²) in [4.78, 5) is 7.25. The number of nitrogens with zero attached hydrogens (tertiary/aromatic N) is 1. The Kier molecular flexibility index (Phi) is 3.49. The van der Waals surface area contributed by atoms with Gasteiger partial charge in [0.2, 0.25) is 0 Å². The molecule has 5 heteroatoms. The molecule has 84 valence electrons. The second-order valence-corrected chi connectivity index (χ2v) is 4.16. The molecule has 3 nitrogen and oxygen atoms in total. The maximum absolute atomic E-state index is 8.78. The zero-order valence-corrected chi connectivity index (χ0v) is 9.89. The van der Waals surface area contributed by atoms with E-state index >= 15 is 0 Å². The number of nitrogens with one attached hydrogen (secondary N) is 1. The molecule has 2 aromatic rings. The SMILES string of the molecule is OCCc1ncc(-c2ccc(Cl)c(Cl)c2)[nH]1. The van der Waals surface area contributed by atoms with Crippen molar-refractivity contribution in [3.05, 3.63) is 40.3 Å². The molecule has 0 fully saturated rings. The third-order valence-corrected chi connectivity index (χ3v) is 2.95. The quantitative estimate of drug-likeness (QED) is 0.888. The van der Waals surface area contributed by atoms with Gasteiger partial charge >= 0.3 is 0 Å². The summed E-state index contributed by atoms with van der Waals surface area (Å²) < 4.78 is 0. The minimum absolute atomic E-state index is 0.0777. The standard InChI is InChI=1S/C11H10Cl2N2O/c12-8-2-1-7(5-9(8)13)10-6-14-11(15-10)3-4-16/h1-2,5-6,16H,3-4H2,(H,14,15). The van der Waals surface area contributed by atoms with Gasteiger partial charge in [-0.1, -0.05) is 29.3 Å². The summed E-state index contributed by atoms with van der Waals surface area (Å²) in [5.74, 6) is 0.753. The molecule has 0 bridgehead atoms. The van der Waals surface area contributed by atoms with E-state index in [9.17, 15) is 0 Å². The van der Waals surface area contributed by atoms with Crippen LogP contribution in [0.15, 0.2) is 24.4 Å². The molecule has 0 saturated carbocycles. The Morgan fingerprint density at radius 2 is 2.06 bits per heavy atom. The van der Waals surface area contributed by atoms with Crippen LogP contribution in [0, 0.1) is 0 Å². The number of imidazole rings is 1. The molecule has 0 aliphatic carbocycles. The van der Waals surface area contributed by atoms with Crippen molar-refractivity contribution in [2.45, 2.75) is 6.42 Å². The predicted molar refractivity (Wildman–Crippen MR) is 64.8 cm³/mol. The van der Waals surface area contributed by atoms with E-state index in [1.165, 1.54) is 0 Å². The Hall–Kier alpha value is -1.03. The molecule has 1 heterocycles. The number of aromatic nitrogens is 2. The molecule has 2 rings (SSSR count). The van der Waals surface area contributed by atoms with Gasteiger partial charge in [0.25, 0.3) is 0 Å². The highest BCUT2D eigenvalue weighted by Gasteiger charge is 2.05. The summed E-state index contributed by atoms with van der Waals surface area (Å²) in [5, 5.41) is 9.82. The van der Waals surface area contributed by atoms with Crippen molar-refractivity contribution >= 4 is 23.2 Å². The average Bonchev–Trinajstić information content (AvgIpc) is 2.71. The van der Waals surface area contributed by atoms with Gasteiger partial charge in [-0.15, -0.1) is 0 Å². The van der Waals surface area contributed by atoms with Crippen molar-refractivity contribution in [1.29, 1.82) is 0 Å². The largest absolute Gasteiger partial charge is 0.396 e. The van der Waals surface area contributed by atoms with E-state index < -0.39 is 0 Å². The van der Waals surface area contributed by atoms with Crippen LogP contribution in [0.2, 0.25) is 10.0 Å². The van der Waals surface area contributed by atoms with Gasteiger partial charge < -0.3 is 10.1 Å². The minimum atomic E-state index is 0.0777. The Morgan fingerprint density at radius 1 is 1.25 bits per heavy atom. The van der Waals surface area contributed by atoms with Crippen molar-refractivity contribution < 1.29 is 5.11 Å². The van der Waals surface area contributed by atoms with Gasteiger partial charge in [0.05, 0.1) is 28.5 Å². The first-order valence-electron chi connectivity index (χ1n) is 4.81. The fourth-order valence-electron chi connectivity index (χ4n) is 1.41. The number of aliphatic hydroxyl groups is 1. The fraction of sp³-hybridized carbons (Fsp3) is 0.182.